The third-order valence-corrected chi connectivity index (χ3v) is 3.43. The van der Waals surface area contributed by atoms with Crippen LogP contribution in [0.2, 0.25) is 5.02 Å². The van der Waals surface area contributed by atoms with Gasteiger partial charge in [0.05, 0.1) is 0 Å². The SMILES string of the molecule is CC(=O)c1ccc(OCc2nnc(-c3ccc(Cl)cc3)o2)cc1. The molecule has 0 unspecified atom stereocenters. The molecule has 3 aromatic rings. The summed E-state index contributed by atoms with van der Waals surface area (Å²) in [5, 5.41) is 8.57. The van der Waals surface area contributed by atoms with Crippen LogP contribution in [0.1, 0.15) is 23.2 Å². The van der Waals surface area contributed by atoms with Gasteiger partial charge in [-0.2, -0.15) is 0 Å². The Bertz CT molecular complexity index is 811. The molecule has 0 N–H and O–H groups in total. The first-order chi connectivity index (χ1) is 11.1. The second-order valence-corrected chi connectivity index (χ2v) is 5.31. The zero-order chi connectivity index (χ0) is 16.2. The highest BCUT2D eigenvalue weighted by molar-refractivity contribution is 6.30. The molecule has 0 bridgehead atoms. The van der Waals surface area contributed by atoms with Crippen molar-refractivity contribution in [3.05, 3.63) is 65.0 Å². The number of aromatic nitrogens is 2. The van der Waals surface area contributed by atoms with Crippen molar-refractivity contribution in [2.24, 2.45) is 0 Å². The van der Waals surface area contributed by atoms with E-state index in [0.717, 1.165) is 5.56 Å². The molecule has 0 fully saturated rings. The van der Waals surface area contributed by atoms with Crippen molar-refractivity contribution in [1.82, 2.24) is 10.2 Å². The fraction of sp³-hybridized carbons (Fsp3) is 0.118. The number of nitrogens with zero attached hydrogens (tertiary/aromatic N) is 2. The van der Waals surface area contributed by atoms with Gasteiger partial charge < -0.3 is 9.15 Å². The van der Waals surface area contributed by atoms with Crippen LogP contribution in [0.15, 0.2) is 52.9 Å². The average Bonchev–Trinajstić information content (AvgIpc) is 3.03. The molecule has 0 atom stereocenters. The monoisotopic (exact) mass is 328 g/mol. The van der Waals surface area contributed by atoms with Gasteiger partial charge in [-0.15, -0.1) is 10.2 Å². The lowest BCUT2D eigenvalue weighted by Gasteiger charge is -2.03. The lowest BCUT2D eigenvalue weighted by atomic mass is 10.1. The van der Waals surface area contributed by atoms with Crippen LogP contribution >= 0.6 is 11.6 Å². The fourth-order valence-electron chi connectivity index (χ4n) is 1.95. The van der Waals surface area contributed by atoms with E-state index in [-0.39, 0.29) is 12.4 Å². The Morgan fingerprint density at radius 3 is 2.43 bits per heavy atom. The molecule has 0 amide bonds. The van der Waals surface area contributed by atoms with Crippen LogP contribution in [0.25, 0.3) is 11.5 Å². The molecule has 0 aliphatic heterocycles. The highest BCUT2D eigenvalue weighted by Gasteiger charge is 2.09. The van der Waals surface area contributed by atoms with Crippen LogP contribution < -0.4 is 4.74 Å². The van der Waals surface area contributed by atoms with Crippen molar-refractivity contribution < 1.29 is 13.9 Å². The Morgan fingerprint density at radius 2 is 1.78 bits per heavy atom. The Kier molecular flexibility index (Phi) is 4.39. The summed E-state index contributed by atoms with van der Waals surface area (Å²) >= 11 is 5.84. The molecular weight excluding hydrogens is 316 g/mol. The molecule has 3 rings (SSSR count). The van der Waals surface area contributed by atoms with E-state index in [1.54, 1.807) is 48.5 Å². The van der Waals surface area contributed by atoms with Gasteiger partial charge in [-0.25, -0.2) is 0 Å². The van der Waals surface area contributed by atoms with E-state index >= 15 is 0 Å². The molecule has 5 nitrogen and oxygen atoms in total. The van der Waals surface area contributed by atoms with Crippen LogP contribution in [0, 0.1) is 0 Å². The normalized spacial score (nSPS) is 10.5. The molecule has 1 heterocycles. The smallest absolute Gasteiger partial charge is 0.254 e. The van der Waals surface area contributed by atoms with E-state index in [1.807, 2.05) is 0 Å². The van der Waals surface area contributed by atoms with E-state index < -0.39 is 0 Å². The van der Waals surface area contributed by atoms with Crippen LogP contribution in [0.4, 0.5) is 0 Å². The zero-order valence-electron chi connectivity index (χ0n) is 12.3. The highest BCUT2D eigenvalue weighted by Crippen LogP contribution is 2.21. The first-order valence-corrected chi connectivity index (χ1v) is 7.32. The summed E-state index contributed by atoms with van der Waals surface area (Å²) < 4.78 is 11.1. The summed E-state index contributed by atoms with van der Waals surface area (Å²) in [5.41, 5.74) is 1.43. The number of hydrogen-bond donors (Lipinski definition) is 0. The predicted octanol–water partition coefficient (Wildman–Crippen LogP) is 4.17. The predicted molar refractivity (Wildman–Crippen MR) is 85.5 cm³/mol. The molecule has 116 valence electrons. The zero-order valence-corrected chi connectivity index (χ0v) is 13.1. The summed E-state index contributed by atoms with van der Waals surface area (Å²) in [4.78, 5) is 11.2. The quantitative estimate of drug-likeness (QED) is 0.657. The maximum Gasteiger partial charge on any atom is 0.254 e. The van der Waals surface area contributed by atoms with Crippen molar-refractivity contribution in [3.8, 4) is 17.2 Å². The van der Waals surface area contributed by atoms with Crippen molar-refractivity contribution in [3.63, 3.8) is 0 Å². The first-order valence-electron chi connectivity index (χ1n) is 6.94. The van der Waals surface area contributed by atoms with Gasteiger partial charge >= 0.3 is 0 Å². The number of carbonyl (C=O) groups excluding carboxylic acids is 1. The minimum atomic E-state index is 0.0149. The average molecular weight is 329 g/mol. The largest absolute Gasteiger partial charge is 0.484 e. The van der Waals surface area contributed by atoms with Gasteiger partial charge in [0.2, 0.25) is 5.89 Å². The number of benzene rings is 2. The number of ether oxygens (including phenoxy) is 1. The van der Waals surface area contributed by atoms with Crippen LogP contribution in [-0.2, 0) is 6.61 Å². The Balaban J connectivity index is 1.65. The molecule has 0 aliphatic carbocycles. The number of carbonyl (C=O) groups is 1. The molecule has 0 aliphatic rings. The van der Waals surface area contributed by atoms with Gasteiger partial charge in [-0.05, 0) is 55.5 Å². The molecule has 6 heteroatoms. The molecule has 0 saturated carbocycles. The molecule has 0 saturated heterocycles. The van der Waals surface area contributed by atoms with Crippen molar-refractivity contribution >= 4 is 17.4 Å². The summed E-state index contributed by atoms with van der Waals surface area (Å²) in [6, 6.07) is 14.0. The van der Waals surface area contributed by atoms with E-state index in [2.05, 4.69) is 10.2 Å². The minimum Gasteiger partial charge on any atom is -0.484 e. The van der Waals surface area contributed by atoms with E-state index in [0.29, 0.717) is 28.1 Å². The van der Waals surface area contributed by atoms with Crippen LogP contribution in [-0.4, -0.2) is 16.0 Å². The maximum absolute atomic E-state index is 11.2. The molecule has 23 heavy (non-hydrogen) atoms. The number of Topliss-reactive ketones (excluding diaryl/α,β-unsaturated/α-hetero) is 1. The van der Waals surface area contributed by atoms with Crippen molar-refractivity contribution in [2.45, 2.75) is 13.5 Å². The van der Waals surface area contributed by atoms with Crippen molar-refractivity contribution in [2.75, 3.05) is 0 Å². The maximum atomic E-state index is 11.2. The summed E-state index contributed by atoms with van der Waals surface area (Å²) in [5.74, 6) is 1.42. The molecule has 2 aromatic carbocycles. The second-order valence-electron chi connectivity index (χ2n) is 4.88. The third-order valence-electron chi connectivity index (χ3n) is 3.18. The fourth-order valence-corrected chi connectivity index (χ4v) is 2.08. The number of hydrogen-bond acceptors (Lipinski definition) is 5. The van der Waals surface area contributed by atoms with Gasteiger partial charge in [-0.1, -0.05) is 11.6 Å². The summed E-state index contributed by atoms with van der Waals surface area (Å²) in [6.07, 6.45) is 0. The third kappa shape index (κ3) is 3.76. The topological polar surface area (TPSA) is 65.2 Å². The summed E-state index contributed by atoms with van der Waals surface area (Å²) in [6.45, 7) is 1.67. The van der Waals surface area contributed by atoms with E-state index in [9.17, 15) is 4.79 Å². The van der Waals surface area contributed by atoms with Gasteiger partial charge in [0.25, 0.3) is 5.89 Å². The lowest BCUT2D eigenvalue weighted by Crippen LogP contribution is -1.97. The van der Waals surface area contributed by atoms with Gasteiger partial charge in [-0.3, -0.25) is 4.79 Å². The van der Waals surface area contributed by atoms with Crippen LogP contribution in [0.5, 0.6) is 5.75 Å². The first kappa shape index (κ1) is 15.2. The Morgan fingerprint density at radius 1 is 1.09 bits per heavy atom. The summed E-state index contributed by atoms with van der Waals surface area (Å²) in [7, 11) is 0. The number of rotatable bonds is 5. The number of ketones is 1. The standard InChI is InChI=1S/C17H13ClN2O3/c1-11(21)12-4-8-15(9-5-12)22-10-16-19-20-17(23-16)13-2-6-14(18)7-3-13/h2-9H,10H2,1H3. The second kappa shape index (κ2) is 6.62. The van der Waals surface area contributed by atoms with Crippen molar-refractivity contribution in [1.29, 1.82) is 0 Å². The molecular formula is C17H13ClN2O3. The van der Waals surface area contributed by atoms with Gasteiger partial charge in [0.1, 0.15) is 5.75 Å². The molecule has 0 spiro atoms. The van der Waals surface area contributed by atoms with Gasteiger partial charge in [0, 0.05) is 16.1 Å². The molecule has 0 radical (unpaired) electrons. The minimum absolute atomic E-state index is 0.0149. The van der Waals surface area contributed by atoms with Crippen LogP contribution in [0.3, 0.4) is 0 Å². The molecule has 1 aromatic heterocycles. The highest BCUT2D eigenvalue weighted by atomic mass is 35.5. The van der Waals surface area contributed by atoms with E-state index in [4.69, 9.17) is 20.8 Å². The van der Waals surface area contributed by atoms with E-state index in [1.165, 1.54) is 6.92 Å². The Labute approximate surface area is 137 Å². The lowest BCUT2D eigenvalue weighted by molar-refractivity contribution is 0.101. The number of halogens is 1. The van der Waals surface area contributed by atoms with Gasteiger partial charge in [0.15, 0.2) is 12.4 Å². The Hall–Kier alpha value is -2.66.